The molecule has 22 heavy (non-hydrogen) atoms. The number of nitrogens with zero attached hydrogens (tertiary/aromatic N) is 2. The standard InChI is InChI=1S/C17H24N2O2S/c1-21-17(20)16-6-5-13(22-16)10-18-8-12-9-19-7-3-2-4-15(19)14(12)11-18/h5-6,12,14-15H,2-4,7-11H2,1H3/t12-,14-,15-/m1/s1. The largest absolute Gasteiger partial charge is 0.465 e. The lowest BCUT2D eigenvalue weighted by Crippen LogP contribution is -2.39. The summed E-state index contributed by atoms with van der Waals surface area (Å²) in [5.74, 6) is 1.52. The topological polar surface area (TPSA) is 32.8 Å². The van der Waals surface area contributed by atoms with Crippen LogP contribution < -0.4 is 0 Å². The van der Waals surface area contributed by atoms with Crippen molar-refractivity contribution < 1.29 is 9.53 Å². The van der Waals surface area contributed by atoms with Gasteiger partial charge in [0.05, 0.1) is 7.11 Å². The summed E-state index contributed by atoms with van der Waals surface area (Å²) in [5, 5.41) is 0. The quantitative estimate of drug-likeness (QED) is 0.801. The Morgan fingerprint density at radius 2 is 2.23 bits per heavy atom. The van der Waals surface area contributed by atoms with Crippen molar-refractivity contribution in [3.63, 3.8) is 0 Å². The molecule has 0 bridgehead atoms. The van der Waals surface area contributed by atoms with Crippen LogP contribution >= 0.6 is 11.3 Å². The van der Waals surface area contributed by atoms with Crippen molar-refractivity contribution in [1.29, 1.82) is 0 Å². The molecule has 3 saturated heterocycles. The van der Waals surface area contributed by atoms with Gasteiger partial charge in [0.2, 0.25) is 0 Å². The first kappa shape index (κ1) is 14.7. The van der Waals surface area contributed by atoms with E-state index in [9.17, 15) is 4.79 Å². The highest BCUT2D eigenvalue weighted by atomic mass is 32.1. The van der Waals surface area contributed by atoms with Crippen LogP contribution in [0.15, 0.2) is 12.1 Å². The summed E-state index contributed by atoms with van der Waals surface area (Å²) in [6.07, 6.45) is 4.21. The van der Waals surface area contributed by atoms with E-state index in [-0.39, 0.29) is 5.97 Å². The van der Waals surface area contributed by atoms with Crippen LogP contribution in [0.2, 0.25) is 0 Å². The Morgan fingerprint density at radius 1 is 1.32 bits per heavy atom. The average molecular weight is 320 g/mol. The Morgan fingerprint density at radius 3 is 3.09 bits per heavy atom. The highest BCUT2D eigenvalue weighted by Gasteiger charge is 2.46. The Kier molecular flexibility index (Phi) is 3.96. The Hall–Kier alpha value is -0.910. The average Bonchev–Trinajstić information content (AvgIpc) is 3.21. The fourth-order valence-corrected chi connectivity index (χ4v) is 5.64. The van der Waals surface area contributed by atoms with E-state index >= 15 is 0 Å². The number of rotatable bonds is 3. The Labute approximate surface area is 136 Å². The summed E-state index contributed by atoms with van der Waals surface area (Å²) in [6.45, 7) is 6.08. The Balaban J connectivity index is 1.38. The molecule has 5 heteroatoms. The second-order valence-electron chi connectivity index (χ2n) is 6.93. The first-order chi connectivity index (χ1) is 10.7. The van der Waals surface area contributed by atoms with Crippen molar-refractivity contribution in [1.82, 2.24) is 9.80 Å². The van der Waals surface area contributed by atoms with E-state index in [0.717, 1.165) is 29.3 Å². The molecule has 4 nitrogen and oxygen atoms in total. The van der Waals surface area contributed by atoms with Gasteiger partial charge in [-0.3, -0.25) is 9.80 Å². The molecule has 1 aromatic heterocycles. The van der Waals surface area contributed by atoms with E-state index in [4.69, 9.17) is 4.74 Å². The number of thiophene rings is 1. The van der Waals surface area contributed by atoms with E-state index in [1.807, 2.05) is 6.07 Å². The van der Waals surface area contributed by atoms with Crippen molar-refractivity contribution in [2.24, 2.45) is 11.8 Å². The van der Waals surface area contributed by atoms with Gasteiger partial charge < -0.3 is 4.74 Å². The van der Waals surface area contributed by atoms with Gasteiger partial charge in [-0.25, -0.2) is 4.79 Å². The predicted octanol–water partition coefficient (Wildman–Crippen LogP) is 2.45. The second kappa shape index (κ2) is 5.95. The van der Waals surface area contributed by atoms with Gasteiger partial charge in [0.1, 0.15) is 4.88 Å². The summed E-state index contributed by atoms with van der Waals surface area (Å²) in [4.78, 5) is 18.9. The summed E-state index contributed by atoms with van der Waals surface area (Å²) in [7, 11) is 1.44. The van der Waals surface area contributed by atoms with Gasteiger partial charge in [-0.05, 0) is 43.4 Å². The van der Waals surface area contributed by atoms with Crippen LogP contribution in [-0.4, -0.2) is 55.1 Å². The Bertz CT molecular complexity index is 559. The molecule has 4 rings (SSSR count). The minimum Gasteiger partial charge on any atom is -0.465 e. The second-order valence-corrected chi connectivity index (χ2v) is 8.10. The molecule has 1 aromatic rings. The van der Waals surface area contributed by atoms with Gasteiger partial charge >= 0.3 is 5.97 Å². The van der Waals surface area contributed by atoms with Crippen molar-refractivity contribution in [2.75, 3.05) is 33.3 Å². The van der Waals surface area contributed by atoms with Crippen LogP contribution in [0.25, 0.3) is 0 Å². The molecule has 0 amide bonds. The number of likely N-dealkylation sites (tertiary alicyclic amines) is 1. The van der Waals surface area contributed by atoms with Crippen LogP contribution in [0.5, 0.6) is 0 Å². The van der Waals surface area contributed by atoms with Gasteiger partial charge in [0.15, 0.2) is 0 Å². The molecule has 0 unspecified atom stereocenters. The first-order valence-electron chi connectivity index (χ1n) is 8.38. The number of piperidine rings is 1. The molecular formula is C17H24N2O2S. The normalized spacial score (nSPS) is 32.0. The molecule has 3 fully saturated rings. The van der Waals surface area contributed by atoms with E-state index < -0.39 is 0 Å². The smallest absolute Gasteiger partial charge is 0.348 e. The van der Waals surface area contributed by atoms with Crippen LogP contribution in [0.3, 0.4) is 0 Å². The van der Waals surface area contributed by atoms with Crippen molar-refractivity contribution in [3.8, 4) is 0 Å². The van der Waals surface area contributed by atoms with Crippen LogP contribution in [-0.2, 0) is 11.3 Å². The van der Waals surface area contributed by atoms with Gasteiger partial charge in [-0.1, -0.05) is 6.42 Å². The van der Waals surface area contributed by atoms with E-state index in [1.165, 1.54) is 57.4 Å². The number of carbonyl (C=O) groups excluding carboxylic acids is 1. The molecular weight excluding hydrogens is 296 g/mol. The first-order valence-corrected chi connectivity index (χ1v) is 9.19. The SMILES string of the molecule is COC(=O)c1ccc(CN2C[C@@H]3CN4CCCC[C@@H]4[C@@H]3C2)s1. The predicted molar refractivity (Wildman–Crippen MR) is 87.1 cm³/mol. The number of fused-ring (bicyclic) bond motifs is 3. The molecule has 3 aliphatic rings. The summed E-state index contributed by atoms with van der Waals surface area (Å²) in [5.41, 5.74) is 0. The van der Waals surface area contributed by atoms with Crippen molar-refractivity contribution in [2.45, 2.75) is 31.8 Å². The van der Waals surface area contributed by atoms with Gasteiger partial charge in [0.25, 0.3) is 0 Å². The number of carbonyl (C=O) groups is 1. The molecule has 3 aliphatic heterocycles. The fraction of sp³-hybridized carbons (Fsp3) is 0.706. The van der Waals surface area contributed by atoms with Gasteiger partial charge in [-0.2, -0.15) is 0 Å². The molecule has 3 atom stereocenters. The highest BCUT2D eigenvalue weighted by Crippen LogP contribution is 2.40. The molecule has 0 aromatic carbocycles. The van der Waals surface area contributed by atoms with E-state index in [0.29, 0.717) is 0 Å². The molecule has 0 N–H and O–H groups in total. The lowest BCUT2D eigenvalue weighted by atomic mass is 9.90. The molecule has 4 heterocycles. The zero-order valence-corrected chi connectivity index (χ0v) is 14.0. The summed E-state index contributed by atoms with van der Waals surface area (Å²) >= 11 is 1.58. The van der Waals surface area contributed by atoms with E-state index in [1.54, 1.807) is 11.3 Å². The minimum absolute atomic E-state index is 0.215. The molecule has 0 saturated carbocycles. The van der Waals surface area contributed by atoms with Gasteiger partial charge in [0, 0.05) is 37.1 Å². The maximum atomic E-state index is 11.6. The highest BCUT2D eigenvalue weighted by molar-refractivity contribution is 7.13. The fourth-order valence-electron chi connectivity index (χ4n) is 4.67. The lowest BCUT2D eigenvalue weighted by molar-refractivity contribution is 0.0606. The number of methoxy groups -OCH3 is 1. The maximum Gasteiger partial charge on any atom is 0.348 e. The third kappa shape index (κ3) is 2.59. The lowest BCUT2D eigenvalue weighted by Gasteiger charge is -2.33. The molecule has 0 aliphatic carbocycles. The molecule has 0 spiro atoms. The molecule has 0 radical (unpaired) electrons. The van der Waals surface area contributed by atoms with Crippen molar-refractivity contribution >= 4 is 17.3 Å². The zero-order valence-electron chi connectivity index (χ0n) is 13.2. The van der Waals surface area contributed by atoms with Crippen LogP contribution in [0.4, 0.5) is 0 Å². The van der Waals surface area contributed by atoms with Crippen LogP contribution in [0, 0.1) is 11.8 Å². The minimum atomic E-state index is -0.215. The number of esters is 1. The third-order valence-corrected chi connectivity index (χ3v) is 6.67. The summed E-state index contributed by atoms with van der Waals surface area (Å²) < 4.78 is 4.79. The molecule has 120 valence electrons. The summed E-state index contributed by atoms with van der Waals surface area (Å²) in [6, 6.07) is 4.82. The van der Waals surface area contributed by atoms with Crippen molar-refractivity contribution in [3.05, 3.63) is 21.9 Å². The van der Waals surface area contributed by atoms with E-state index in [2.05, 4.69) is 15.9 Å². The van der Waals surface area contributed by atoms with Gasteiger partial charge in [-0.15, -0.1) is 11.3 Å². The monoisotopic (exact) mass is 320 g/mol. The van der Waals surface area contributed by atoms with Crippen LogP contribution in [0.1, 0.15) is 33.8 Å². The number of hydrogen-bond acceptors (Lipinski definition) is 5. The maximum absolute atomic E-state index is 11.6. The zero-order chi connectivity index (χ0) is 15.1. The number of hydrogen-bond donors (Lipinski definition) is 0. The number of ether oxygens (including phenoxy) is 1. The third-order valence-electron chi connectivity index (χ3n) is 5.62.